The minimum atomic E-state index is -0.297. The van der Waals surface area contributed by atoms with Crippen LogP contribution >= 0.6 is 11.8 Å². The molecule has 0 aliphatic carbocycles. The van der Waals surface area contributed by atoms with E-state index in [1.165, 1.54) is 24.1 Å². The summed E-state index contributed by atoms with van der Waals surface area (Å²) in [4.78, 5) is 25.7. The average Bonchev–Trinajstić information content (AvgIpc) is 3.00. The molecule has 2 amide bonds. The maximum atomic E-state index is 11.7. The van der Waals surface area contributed by atoms with Crippen LogP contribution in [0.25, 0.3) is 6.08 Å². The van der Waals surface area contributed by atoms with Crippen molar-refractivity contribution in [3.8, 4) is 0 Å². The Kier molecular flexibility index (Phi) is 3.53. The Bertz CT molecular complexity index is 604. The number of benzene rings is 1. The van der Waals surface area contributed by atoms with E-state index in [4.69, 9.17) is 0 Å². The number of carbonyl (C=O) groups is 2. The highest BCUT2D eigenvalue weighted by atomic mass is 32.2. The number of rotatable bonds is 2. The lowest BCUT2D eigenvalue weighted by Gasteiger charge is -2.22. The molecule has 0 radical (unpaired) electrons. The number of hydrogen-bond donors (Lipinski definition) is 1. The summed E-state index contributed by atoms with van der Waals surface area (Å²) in [5, 5.41) is 2.00. The van der Waals surface area contributed by atoms with Crippen LogP contribution in [0.1, 0.15) is 24.0 Å². The van der Waals surface area contributed by atoms with Crippen LogP contribution in [-0.4, -0.2) is 24.2 Å². The highest BCUT2D eigenvalue weighted by Crippen LogP contribution is 2.33. The molecule has 2 aliphatic heterocycles. The molecule has 2 saturated heterocycles. The molecule has 2 fully saturated rings. The van der Waals surface area contributed by atoms with E-state index in [1.807, 2.05) is 18.2 Å². The van der Waals surface area contributed by atoms with Gasteiger partial charge < -0.3 is 4.90 Å². The van der Waals surface area contributed by atoms with Crippen molar-refractivity contribution in [2.24, 2.45) is 0 Å². The van der Waals surface area contributed by atoms with Crippen LogP contribution < -0.4 is 10.2 Å². The molecule has 1 aromatic rings. The smallest absolute Gasteiger partial charge is 0.290 e. The van der Waals surface area contributed by atoms with Crippen molar-refractivity contribution in [2.45, 2.75) is 19.8 Å². The number of amides is 2. The lowest BCUT2D eigenvalue weighted by molar-refractivity contribution is -0.115. The van der Waals surface area contributed by atoms with E-state index in [2.05, 4.69) is 23.2 Å². The second kappa shape index (κ2) is 5.32. The van der Waals surface area contributed by atoms with E-state index in [0.29, 0.717) is 4.91 Å². The van der Waals surface area contributed by atoms with Crippen molar-refractivity contribution in [1.82, 2.24) is 5.32 Å². The molecular weight excluding hydrogens is 272 g/mol. The van der Waals surface area contributed by atoms with E-state index in [1.54, 1.807) is 0 Å². The summed E-state index contributed by atoms with van der Waals surface area (Å²) in [7, 11) is 0. The molecule has 0 atom stereocenters. The van der Waals surface area contributed by atoms with Crippen LogP contribution in [0, 0.1) is 6.92 Å². The Balaban J connectivity index is 2.01. The zero-order chi connectivity index (χ0) is 14.1. The van der Waals surface area contributed by atoms with Crippen LogP contribution in [-0.2, 0) is 4.79 Å². The first-order chi connectivity index (χ1) is 9.65. The Morgan fingerprint density at radius 2 is 2.00 bits per heavy atom. The van der Waals surface area contributed by atoms with E-state index in [-0.39, 0.29) is 11.1 Å². The predicted octanol–water partition coefficient (Wildman–Crippen LogP) is 2.92. The van der Waals surface area contributed by atoms with Gasteiger partial charge >= 0.3 is 0 Å². The number of aryl methyl sites for hydroxylation is 1. The molecule has 0 bridgehead atoms. The third-order valence-corrected chi connectivity index (χ3v) is 4.43. The molecule has 0 unspecified atom stereocenters. The van der Waals surface area contributed by atoms with Gasteiger partial charge in [0, 0.05) is 18.8 Å². The Morgan fingerprint density at radius 3 is 2.65 bits per heavy atom. The molecule has 0 saturated carbocycles. The van der Waals surface area contributed by atoms with Gasteiger partial charge in [-0.25, -0.2) is 0 Å². The van der Waals surface area contributed by atoms with Gasteiger partial charge in [0.2, 0.25) is 0 Å². The van der Waals surface area contributed by atoms with Crippen LogP contribution in [0.15, 0.2) is 23.1 Å². The zero-order valence-electron chi connectivity index (χ0n) is 11.3. The fraction of sp³-hybridized carbons (Fsp3) is 0.333. The molecule has 3 rings (SSSR count). The molecule has 5 heteroatoms. The number of carbonyl (C=O) groups excluding carboxylic acids is 2. The largest absolute Gasteiger partial charge is 0.371 e. The topological polar surface area (TPSA) is 49.4 Å². The third-order valence-electron chi connectivity index (χ3n) is 3.62. The summed E-state index contributed by atoms with van der Waals surface area (Å²) in [5.74, 6) is -0.297. The van der Waals surface area contributed by atoms with Gasteiger partial charge in [-0.1, -0.05) is 18.2 Å². The first kappa shape index (κ1) is 13.2. The standard InChI is InChI=1S/C15H16N2O2S/c1-10-5-4-6-11(13(10)17-7-2-3-8-17)9-12-14(18)16-15(19)20-12/h4-6,9H,2-3,7-8H2,1H3,(H,16,18,19). The van der Waals surface area contributed by atoms with Crippen LogP contribution in [0.3, 0.4) is 0 Å². The fourth-order valence-electron chi connectivity index (χ4n) is 2.73. The third kappa shape index (κ3) is 2.45. The summed E-state index contributed by atoms with van der Waals surface area (Å²) in [6.45, 7) is 4.20. The molecule has 2 aliphatic rings. The van der Waals surface area contributed by atoms with Gasteiger partial charge in [-0.15, -0.1) is 0 Å². The minimum absolute atomic E-state index is 0.295. The lowest BCUT2D eigenvalue weighted by Crippen LogP contribution is -2.20. The van der Waals surface area contributed by atoms with Crippen molar-refractivity contribution in [3.05, 3.63) is 34.2 Å². The lowest BCUT2D eigenvalue weighted by atomic mass is 10.1. The fourth-order valence-corrected chi connectivity index (χ4v) is 3.41. The molecule has 2 heterocycles. The number of nitrogens with one attached hydrogen (secondary N) is 1. The molecule has 1 N–H and O–H groups in total. The number of nitrogens with zero attached hydrogens (tertiary/aromatic N) is 1. The molecule has 20 heavy (non-hydrogen) atoms. The van der Waals surface area contributed by atoms with Gasteiger partial charge in [-0.3, -0.25) is 14.9 Å². The van der Waals surface area contributed by atoms with Gasteiger partial charge in [-0.05, 0) is 48.7 Å². The maximum Gasteiger partial charge on any atom is 0.290 e. The van der Waals surface area contributed by atoms with Gasteiger partial charge in [0.05, 0.1) is 4.91 Å². The first-order valence-corrected chi connectivity index (χ1v) is 7.56. The van der Waals surface area contributed by atoms with E-state index >= 15 is 0 Å². The van der Waals surface area contributed by atoms with E-state index < -0.39 is 0 Å². The monoisotopic (exact) mass is 288 g/mol. The Hall–Kier alpha value is -1.75. The average molecular weight is 288 g/mol. The molecule has 4 nitrogen and oxygen atoms in total. The molecule has 1 aromatic carbocycles. The molecule has 0 aromatic heterocycles. The highest BCUT2D eigenvalue weighted by Gasteiger charge is 2.26. The SMILES string of the molecule is Cc1cccc(C=C2SC(=O)NC2=O)c1N1CCCC1. The van der Waals surface area contributed by atoms with Crippen LogP contribution in [0.2, 0.25) is 0 Å². The van der Waals surface area contributed by atoms with Crippen molar-refractivity contribution in [2.75, 3.05) is 18.0 Å². The Morgan fingerprint density at radius 1 is 1.25 bits per heavy atom. The molecule has 0 spiro atoms. The van der Waals surface area contributed by atoms with E-state index in [9.17, 15) is 9.59 Å². The summed E-state index contributed by atoms with van der Waals surface area (Å²) in [6, 6.07) is 6.08. The first-order valence-electron chi connectivity index (χ1n) is 6.74. The van der Waals surface area contributed by atoms with Gasteiger partial charge in [0.25, 0.3) is 11.1 Å². The number of thioether (sulfide) groups is 1. The maximum absolute atomic E-state index is 11.7. The van der Waals surface area contributed by atoms with Gasteiger partial charge in [0.15, 0.2) is 0 Å². The zero-order valence-corrected chi connectivity index (χ0v) is 12.1. The summed E-state index contributed by atoms with van der Waals surface area (Å²) in [6.07, 6.45) is 4.24. The quantitative estimate of drug-likeness (QED) is 0.850. The van der Waals surface area contributed by atoms with Gasteiger partial charge in [0.1, 0.15) is 0 Å². The second-order valence-electron chi connectivity index (χ2n) is 5.06. The predicted molar refractivity (Wildman–Crippen MR) is 81.7 cm³/mol. The molecule has 104 valence electrons. The summed E-state index contributed by atoms with van der Waals surface area (Å²) < 4.78 is 0. The normalized spacial score (nSPS) is 20.9. The minimum Gasteiger partial charge on any atom is -0.371 e. The Labute approximate surface area is 122 Å². The van der Waals surface area contributed by atoms with Crippen LogP contribution in [0.4, 0.5) is 10.5 Å². The van der Waals surface area contributed by atoms with Crippen molar-refractivity contribution < 1.29 is 9.59 Å². The van der Waals surface area contributed by atoms with Crippen LogP contribution in [0.5, 0.6) is 0 Å². The van der Waals surface area contributed by atoms with Crippen molar-refractivity contribution in [1.29, 1.82) is 0 Å². The van der Waals surface area contributed by atoms with E-state index in [0.717, 1.165) is 30.4 Å². The molecular formula is C15H16N2O2S. The van der Waals surface area contributed by atoms with Crippen molar-refractivity contribution in [3.63, 3.8) is 0 Å². The van der Waals surface area contributed by atoms with Gasteiger partial charge in [-0.2, -0.15) is 0 Å². The number of para-hydroxylation sites is 1. The summed E-state index contributed by atoms with van der Waals surface area (Å²) in [5.41, 5.74) is 3.40. The second-order valence-corrected chi connectivity index (χ2v) is 6.07. The number of imide groups is 1. The summed E-state index contributed by atoms with van der Waals surface area (Å²) >= 11 is 0.969. The number of hydrogen-bond acceptors (Lipinski definition) is 4. The number of anilines is 1. The highest BCUT2D eigenvalue weighted by molar-refractivity contribution is 8.18. The van der Waals surface area contributed by atoms with Crippen molar-refractivity contribution >= 4 is 34.7 Å².